The molecule has 27 heavy (non-hydrogen) atoms. The third-order valence-electron chi connectivity index (χ3n) is 4.87. The number of hydrogen-bond acceptors (Lipinski definition) is 3. The van der Waals surface area contributed by atoms with Gasteiger partial charge in [0.2, 0.25) is 0 Å². The van der Waals surface area contributed by atoms with Crippen LogP contribution >= 0.6 is 11.6 Å². The molecular weight excluding hydrogens is 369 g/mol. The van der Waals surface area contributed by atoms with Crippen LogP contribution in [0.1, 0.15) is 30.7 Å². The van der Waals surface area contributed by atoms with Crippen molar-refractivity contribution in [2.75, 3.05) is 18.5 Å². The van der Waals surface area contributed by atoms with Crippen molar-refractivity contribution in [2.24, 2.45) is 10.7 Å². The minimum atomic E-state index is -0.391. The van der Waals surface area contributed by atoms with E-state index in [-0.39, 0.29) is 11.1 Å². The molecule has 5 nitrogen and oxygen atoms in total. The van der Waals surface area contributed by atoms with Gasteiger partial charge in [0.1, 0.15) is 5.82 Å². The molecule has 0 radical (unpaired) electrons. The molecule has 0 amide bonds. The van der Waals surface area contributed by atoms with Gasteiger partial charge in [-0.2, -0.15) is 0 Å². The first-order valence-electron chi connectivity index (χ1n) is 9.03. The van der Waals surface area contributed by atoms with Crippen molar-refractivity contribution in [3.05, 3.63) is 52.8 Å². The number of halogens is 2. The molecule has 1 aliphatic carbocycles. The van der Waals surface area contributed by atoms with E-state index in [1.165, 1.54) is 6.07 Å². The summed E-state index contributed by atoms with van der Waals surface area (Å²) in [5.41, 5.74) is 7.90. The number of guanidine groups is 1. The van der Waals surface area contributed by atoms with Crippen molar-refractivity contribution in [3.8, 4) is 11.5 Å². The van der Waals surface area contributed by atoms with Gasteiger partial charge < -0.3 is 20.5 Å². The van der Waals surface area contributed by atoms with Crippen LogP contribution in [0, 0.1) is 5.82 Å². The zero-order valence-electron chi connectivity index (χ0n) is 14.8. The number of fused-ring (bicyclic) bond motifs is 1. The van der Waals surface area contributed by atoms with E-state index >= 15 is 0 Å². The van der Waals surface area contributed by atoms with Gasteiger partial charge in [0.25, 0.3) is 0 Å². The van der Waals surface area contributed by atoms with Crippen LogP contribution in [-0.4, -0.2) is 25.2 Å². The van der Waals surface area contributed by atoms with E-state index < -0.39 is 5.82 Å². The van der Waals surface area contributed by atoms with Crippen molar-refractivity contribution in [3.63, 3.8) is 0 Å². The number of nitrogens with zero attached hydrogens (tertiary/aromatic N) is 1. The van der Waals surface area contributed by atoms with Crippen LogP contribution in [0.3, 0.4) is 0 Å². The molecule has 1 fully saturated rings. The minimum Gasteiger partial charge on any atom is -0.490 e. The van der Waals surface area contributed by atoms with Crippen LogP contribution in [-0.2, 0) is 0 Å². The van der Waals surface area contributed by atoms with E-state index in [0.29, 0.717) is 30.8 Å². The normalized spacial score (nSPS) is 21.9. The second kappa shape index (κ2) is 7.64. The zero-order chi connectivity index (χ0) is 18.8. The van der Waals surface area contributed by atoms with Gasteiger partial charge in [0, 0.05) is 18.2 Å². The third kappa shape index (κ3) is 4.11. The summed E-state index contributed by atoms with van der Waals surface area (Å²) in [7, 11) is 0. The van der Waals surface area contributed by atoms with Crippen LogP contribution in [0.25, 0.3) is 0 Å². The first kappa shape index (κ1) is 17.9. The summed E-state index contributed by atoms with van der Waals surface area (Å²) in [5, 5.41) is 3.27. The molecule has 1 saturated carbocycles. The summed E-state index contributed by atoms with van der Waals surface area (Å²) in [4.78, 5) is 4.53. The third-order valence-corrected chi connectivity index (χ3v) is 5.16. The second-order valence-corrected chi connectivity index (χ2v) is 7.25. The smallest absolute Gasteiger partial charge is 0.193 e. The van der Waals surface area contributed by atoms with E-state index in [4.69, 9.17) is 26.8 Å². The predicted molar refractivity (Wildman–Crippen MR) is 104 cm³/mol. The summed E-state index contributed by atoms with van der Waals surface area (Å²) >= 11 is 5.86. The van der Waals surface area contributed by atoms with Gasteiger partial charge in [-0.3, -0.25) is 0 Å². The van der Waals surface area contributed by atoms with Gasteiger partial charge in [0.15, 0.2) is 17.5 Å². The number of ether oxygens (including phenoxy) is 2. The maximum atomic E-state index is 13.3. The fourth-order valence-corrected chi connectivity index (χ4v) is 3.54. The Balaban J connectivity index is 1.35. The van der Waals surface area contributed by atoms with Crippen LogP contribution < -0.4 is 20.5 Å². The summed E-state index contributed by atoms with van der Waals surface area (Å²) in [6.45, 7) is 1.29. The van der Waals surface area contributed by atoms with E-state index in [1.54, 1.807) is 12.1 Å². The highest BCUT2D eigenvalue weighted by atomic mass is 35.5. The fraction of sp³-hybridized carbons (Fsp3) is 0.350. The van der Waals surface area contributed by atoms with E-state index in [0.717, 1.165) is 36.3 Å². The molecule has 1 heterocycles. The zero-order valence-corrected chi connectivity index (χ0v) is 15.5. The molecule has 0 spiro atoms. The highest BCUT2D eigenvalue weighted by molar-refractivity contribution is 6.30. The molecule has 2 aromatic carbocycles. The molecule has 7 heteroatoms. The summed E-state index contributed by atoms with van der Waals surface area (Å²) < 4.78 is 24.6. The Morgan fingerprint density at radius 1 is 1.11 bits per heavy atom. The summed E-state index contributed by atoms with van der Waals surface area (Å²) in [6.07, 6.45) is 2.60. The molecular formula is C20H21ClFN3O2. The Bertz CT molecular complexity index is 868. The number of hydrogen-bond donors (Lipinski definition) is 2. The number of rotatable bonds is 3. The van der Waals surface area contributed by atoms with Gasteiger partial charge in [-0.05, 0) is 48.6 Å². The molecule has 4 rings (SSSR count). The summed E-state index contributed by atoms with van der Waals surface area (Å²) in [5.74, 6) is 1.77. The Morgan fingerprint density at radius 2 is 1.89 bits per heavy atom. The van der Waals surface area contributed by atoms with E-state index in [2.05, 4.69) is 10.3 Å². The predicted octanol–water partition coefficient (Wildman–Crippen LogP) is 4.31. The maximum Gasteiger partial charge on any atom is 0.193 e. The van der Waals surface area contributed by atoms with Gasteiger partial charge in [-0.25, -0.2) is 9.38 Å². The van der Waals surface area contributed by atoms with Crippen molar-refractivity contribution in [2.45, 2.75) is 31.2 Å². The number of aliphatic imine (C=N–C) groups is 1. The molecule has 1 aliphatic heterocycles. The van der Waals surface area contributed by atoms with Crippen molar-refractivity contribution in [1.82, 2.24) is 0 Å². The second-order valence-electron chi connectivity index (χ2n) is 6.85. The van der Waals surface area contributed by atoms with Crippen LogP contribution in [0.2, 0.25) is 5.02 Å². The molecule has 2 aliphatic rings. The Labute approximate surface area is 162 Å². The molecule has 3 N–H and O–H groups in total. The highest BCUT2D eigenvalue weighted by Gasteiger charge is 2.30. The lowest BCUT2D eigenvalue weighted by Crippen LogP contribution is -2.31. The lowest BCUT2D eigenvalue weighted by molar-refractivity contribution is 0.297. The average Bonchev–Trinajstić information content (AvgIpc) is 2.85. The highest BCUT2D eigenvalue weighted by Crippen LogP contribution is 2.40. The first-order valence-corrected chi connectivity index (χ1v) is 9.41. The topological polar surface area (TPSA) is 68.9 Å². The van der Waals surface area contributed by atoms with Crippen LogP contribution in [0.15, 0.2) is 41.4 Å². The SMILES string of the molecule is NC(=NC1CC(c2ccc(F)c(Cl)c2)C1)Nc1ccc2c(c1)OCCCO2. The Kier molecular flexibility index (Phi) is 5.07. The first-order chi connectivity index (χ1) is 13.1. The fourth-order valence-electron chi connectivity index (χ4n) is 3.35. The number of anilines is 1. The molecule has 0 unspecified atom stereocenters. The molecule has 0 bridgehead atoms. The largest absolute Gasteiger partial charge is 0.490 e. The lowest BCUT2D eigenvalue weighted by Gasteiger charge is -2.33. The van der Waals surface area contributed by atoms with Crippen molar-refractivity contribution >= 4 is 23.2 Å². The molecule has 142 valence electrons. The summed E-state index contributed by atoms with van der Waals surface area (Å²) in [6, 6.07) is 10.7. The molecule has 2 aromatic rings. The quantitative estimate of drug-likeness (QED) is 0.606. The standard InChI is InChI=1S/C20H21ClFN3O2/c21-16-10-12(2-4-17(16)22)13-8-15(9-13)25-20(23)24-14-3-5-18-19(11-14)27-7-1-6-26-18/h2-5,10-11,13,15H,1,6-9H2,(H3,23,24,25). The monoisotopic (exact) mass is 389 g/mol. The number of nitrogens with one attached hydrogen (secondary N) is 1. The Hall–Kier alpha value is -2.47. The average molecular weight is 390 g/mol. The molecule has 0 aromatic heterocycles. The van der Waals surface area contributed by atoms with E-state index in [1.807, 2.05) is 18.2 Å². The number of nitrogens with two attached hydrogens (primary N) is 1. The van der Waals surface area contributed by atoms with Crippen LogP contribution in [0.4, 0.5) is 10.1 Å². The number of benzene rings is 2. The van der Waals surface area contributed by atoms with Gasteiger partial charge in [-0.15, -0.1) is 0 Å². The van der Waals surface area contributed by atoms with Crippen LogP contribution in [0.5, 0.6) is 11.5 Å². The van der Waals surface area contributed by atoms with Gasteiger partial charge >= 0.3 is 0 Å². The maximum absolute atomic E-state index is 13.3. The Morgan fingerprint density at radius 3 is 2.67 bits per heavy atom. The van der Waals surface area contributed by atoms with E-state index in [9.17, 15) is 4.39 Å². The minimum absolute atomic E-state index is 0.145. The molecule has 0 atom stereocenters. The van der Waals surface area contributed by atoms with Crippen molar-refractivity contribution < 1.29 is 13.9 Å². The lowest BCUT2D eigenvalue weighted by atomic mass is 9.76. The van der Waals surface area contributed by atoms with Gasteiger partial charge in [0.05, 0.1) is 24.3 Å². The van der Waals surface area contributed by atoms with Gasteiger partial charge in [-0.1, -0.05) is 17.7 Å². The van der Waals surface area contributed by atoms with Crippen molar-refractivity contribution in [1.29, 1.82) is 0 Å². The molecule has 0 saturated heterocycles.